The average Bonchev–Trinajstić information content (AvgIpc) is 2.64. The first-order chi connectivity index (χ1) is 11.8. The van der Waals surface area contributed by atoms with Crippen LogP contribution in [-0.4, -0.2) is 27.0 Å². The molecule has 5 nitrogen and oxygen atoms in total. The van der Waals surface area contributed by atoms with E-state index in [1.54, 1.807) is 12.4 Å². The average molecular weight is 319 g/mol. The van der Waals surface area contributed by atoms with Crippen molar-refractivity contribution in [1.29, 1.82) is 0 Å². The van der Waals surface area contributed by atoms with E-state index in [2.05, 4.69) is 21.4 Å². The van der Waals surface area contributed by atoms with Gasteiger partial charge in [-0.1, -0.05) is 12.8 Å². The van der Waals surface area contributed by atoms with Gasteiger partial charge in [0, 0.05) is 53.2 Å². The molecular formula is C19H21N5. The second kappa shape index (κ2) is 6.53. The maximum Gasteiger partial charge on any atom is 0.134 e. The maximum atomic E-state index is 6.31. The molecule has 3 N–H and O–H groups in total. The normalized spacial score (nSPS) is 20.9. The Morgan fingerprint density at radius 1 is 1.00 bits per heavy atom. The first kappa shape index (κ1) is 15.0. The fourth-order valence-electron chi connectivity index (χ4n) is 3.39. The molecular weight excluding hydrogens is 298 g/mol. The minimum atomic E-state index is 0.182. The van der Waals surface area contributed by atoms with Crippen molar-refractivity contribution in [2.75, 3.05) is 5.32 Å². The Morgan fingerprint density at radius 3 is 2.62 bits per heavy atom. The van der Waals surface area contributed by atoms with Crippen molar-refractivity contribution in [2.45, 2.75) is 37.8 Å². The Labute approximate surface area is 141 Å². The molecule has 0 aromatic carbocycles. The van der Waals surface area contributed by atoms with Crippen LogP contribution in [0.5, 0.6) is 0 Å². The Hall–Kier alpha value is -2.53. The fraction of sp³-hybridized carbons (Fsp3) is 0.316. The summed E-state index contributed by atoms with van der Waals surface area (Å²) in [5, 5.41) is 5.76. The van der Waals surface area contributed by atoms with E-state index in [1.165, 1.54) is 12.8 Å². The van der Waals surface area contributed by atoms with Gasteiger partial charge in [-0.15, -0.1) is 0 Å². The molecule has 1 aliphatic carbocycles. The SMILES string of the molecule is N[C@@H]1CCCC[C@H]1Nc1nc(-c2ccncc2)cc2cnccc12. The minimum absolute atomic E-state index is 0.182. The van der Waals surface area contributed by atoms with Crippen LogP contribution in [0.25, 0.3) is 22.0 Å². The number of fused-ring (bicyclic) bond motifs is 1. The molecule has 24 heavy (non-hydrogen) atoms. The van der Waals surface area contributed by atoms with Crippen molar-refractivity contribution in [3.8, 4) is 11.3 Å². The van der Waals surface area contributed by atoms with Gasteiger partial charge >= 0.3 is 0 Å². The molecule has 5 heteroatoms. The van der Waals surface area contributed by atoms with Crippen molar-refractivity contribution >= 4 is 16.6 Å². The molecule has 0 radical (unpaired) electrons. The van der Waals surface area contributed by atoms with Crippen LogP contribution in [0, 0.1) is 0 Å². The standard InChI is InChI=1S/C19H21N5/c20-16-3-1-2-4-17(16)23-19-15-7-10-22-12-14(15)11-18(24-19)13-5-8-21-9-6-13/h5-12,16-17H,1-4,20H2,(H,23,24)/t16-,17-/m1/s1. The first-order valence-corrected chi connectivity index (χ1v) is 8.48. The van der Waals surface area contributed by atoms with Gasteiger partial charge in [-0.05, 0) is 37.1 Å². The number of aromatic nitrogens is 3. The van der Waals surface area contributed by atoms with Crippen molar-refractivity contribution in [1.82, 2.24) is 15.0 Å². The quantitative estimate of drug-likeness (QED) is 0.774. The van der Waals surface area contributed by atoms with E-state index in [0.717, 1.165) is 40.7 Å². The molecule has 0 amide bonds. The van der Waals surface area contributed by atoms with E-state index in [0.29, 0.717) is 0 Å². The van der Waals surface area contributed by atoms with Gasteiger partial charge in [-0.3, -0.25) is 9.97 Å². The predicted molar refractivity (Wildman–Crippen MR) is 96.6 cm³/mol. The lowest BCUT2D eigenvalue weighted by Crippen LogP contribution is -2.42. The molecule has 0 bridgehead atoms. The molecule has 1 aliphatic rings. The third-order valence-corrected chi connectivity index (χ3v) is 4.75. The van der Waals surface area contributed by atoms with Crippen molar-refractivity contribution < 1.29 is 0 Å². The zero-order chi connectivity index (χ0) is 16.4. The Morgan fingerprint density at radius 2 is 1.79 bits per heavy atom. The second-order valence-corrected chi connectivity index (χ2v) is 6.39. The lowest BCUT2D eigenvalue weighted by atomic mass is 9.91. The molecule has 4 rings (SSSR count). The molecule has 3 aromatic heterocycles. The second-order valence-electron chi connectivity index (χ2n) is 6.39. The van der Waals surface area contributed by atoms with Gasteiger partial charge in [0.15, 0.2) is 0 Å². The molecule has 3 heterocycles. The van der Waals surface area contributed by atoms with Gasteiger partial charge in [-0.2, -0.15) is 0 Å². The molecule has 0 saturated heterocycles. The van der Waals surface area contributed by atoms with E-state index in [4.69, 9.17) is 10.7 Å². The molecule has 0 unspecified atom stereocenters. The number of pyridine rings is 3. The molecule has 3 aromatic rings. The number of hydrogen-bond acceptors (Lipinski definition) is 5. The number of anilines is 1. The van der Waals surface area contributed by atoms with Crippen LogP contribution >= 0.6 is 0 Å². The summed E-state index contributed by atoms with van der Waals surface area (Å²) in [6.45, 7) is 0. The van der Waals surface area contributed by atoms with Crippen molar-refractivity contribution in [3.63, 3.8) is 0 Å². The molecule has 0 aliphatic heterocycles. The summed E-state index contributed by atoms with van der Waals surface area (Å²) in [6.07, 6.45) is 11.9. The molecule has 1 fully saturated rings. The smallest absolute Gasteiger partial charge is 0.134 e. The molecule has 1 saturated carbocycles. The van der Waals surface area contributed by atoms with Crippen LogP contribution < -0.4 is 11.1 Å². The van der Waals surface area contributed by atoms with Gasteiger partial charge in [0.05, 0.1) is 5.69 Å². The van der Waals surface area contributed by atoms with E-state index in [1.807, 2.05) is 30.6 Å². The number of nitrogens with two attached hydrogens (primary N) is 1. The number of nitrogens with zero attached hydrogens (tertiary/aromatic N) is 3. The highest BCUT2D eigenvalue weighted by Crippen LogP contribution is 2.29. The van der Waals surface area contributed by atoms with Gasteiger partial charge in [0.1, 0.15) is 5.82 Å². The van der Waals surface area contributed by atoms with Crippen LogP contribution in [0.15, 0.2) is 49.1 Å². The zero-order valence-corrected chi connectivity index (χ0v) is 13.5. The van der Waals surface area contributed by atoms with Crippen LogP contribution in [0.2, 0.25) is 0 Å². The van der Waals surface area contributed by atoms with Crippen molar-refractivity contribution in [3.05, 3.63) is 49.1 Å². The highest BCUT2D eigenvalue weighted by atomic mass is 15.0. The largest absolute Gasteiger partial charge is 0.365 e. The molecule has 0 spiro atoms. The van der Waals surface area contributed by atoms with Crippen LogP contribution in [0.3, 0.4) is 0 Å². The van der Waals surface area contributed by atoms with Crippen molar-refractivity contribution in [2.24, 2.45) is 5.73 Å². The van der Waals surface area contributed by atoms with E-state index in [-0.39, 0.29) is 12.1 Å². The summed E-state index contributed by atoms with van der Waals surface area (Å²) in [4.78, 5) is 13.2. The summed E-state index contributed by atoms with van der Waals surface area (Å²) < 4.78 is 0. The summed E-state index contributed by atoms with van der Waals surface area (Å²) >= 11 is 0. The number of hydrogen-bond donors (Lipinski definition) is 2. The van der Waals surface area contributed by atoms with E-state index >= 15 is 0 Å². The predicted octanol–water partition coefficient (Wildman–Crippen LogP) is 3.37. The zero-order valence-electron chi connectivity index (χ0n) is 13.5. The monoisotopic (exact) mass is 319 g/mol. The van der Waals surface area contributed by atoms with Crippen LogP contribution in [0.4, 0.5) is 5.82 Å². The lowest BCUT2D eigenvalue weighted by molar-refractivity contribution is 0.403. The van der Waals surface area contributed by atoms with Gasteiger partial charge < -0.3 is 11.1 Å². The highest BCUT2D eigenvalue weighted by Gasteiger charge is 2.22. The van der Waals surface area contributed by atoms with Gasteiger partial charge in [-0.25, -0.2) is 4.98 Å². The maximum absolute atomic E-state index is 6.31. The molecule has 2 atom stereocenters. The van der Waals surface area contributed by atoms with Gasteiger partial charge in [0.25, 0.3) is 0 Å². The minimum Gasteiger partial charge on any atom is -0.365 e. The van der Waals surface area contributed by atoms with E-state index in [9.17, 15) is 0 Å². The summed E-state index contributed by atoms with van der Waals surface area (Å²) in [5.74, 6) is 0.893. The topological polar surface area (TPSA) is 76.7 Å². The summed E-state index contributed by atoms with van der Waals surface area (Å²) in [6, 6.07) is 8.48. The Bertz CT molecular complexity index is 834. The molecule has 122 valence electrons. The first-order valence-electron chi connectivity index (χ1n) is 8.48. The number of rotatable bonds is 3. The van der Waals surface area contributed by atoms with Crippen LogP contribution in [-0.2, 0) is 0 Å². The Kier molecular flexibility index (Phi) is 4.09. The Balaban J connectivity index is 1.78. The summed E-state index contributed by atoms with van der Waals surface area (Å²) in [7, 11) is 0. The third kappa shape index (κ3) is 2.95. The lowest BCUT2D eigenvalue weighted by Gasteiger charge is -2.30. The number of nitrogens with one attached hydrogen (secondary N) is 1. The van der Waals surface area contributed by atoms with E-state index < -0.39 is 0 Å². The summed E-state index contributed by atoms with van der Waals surface area (Å²) in [5.41, 5.74) is 8.28. The van der Waals surface area contributed by atoms with Crippen LogP contribution in [0.1, 0.15) is 25.7 Å². The fourth-order valence-corrected chi connectivity index (χ4v) is 3.39. The van der Waals surface area contributed by atoms with Gasteiger partial charge in [0.2, 0.25) is 0 Å². The highest BCUT2D eigenvalue weighted by molar-refractivity contribution is 5.94. The third-order valence-electron chi connectivity index (χ3n) is 4.75.